The Labute approximate surface area is 131 Å². The first-order chi connectivity index (χ1) is 10.7. The molecule has 2 N–H and O–H groups in total. The Kier molecular flexibility index (Phi) is 5.91. The van der Waals surface area contributed by atoms with Crippen LogP contribution in [0.1, 0.15) is 28.4 Å². The molecule has 0 aliphatic rings. The molecule has 0 fully saturated rings. The molecule has 0 aromatic heterocycles. The van der Waals surface area contributed by atoms with Crippen molar-refractivity contribution in [3.05, 3.63) is 76.9 Å². The van der Waals surface area contributed by atoms with E-state index in [4.69, 9.17) is 5.26 Å². The SMILES string of the molecule is Cc1ccccc1C(O)CNC/C=C/c1ccc(C#N)cc1. The second-order valence-electron chi connectivity index (χ2n) is 5.17. The van der Waals surface area contributed by atoms with Crippen LogP contribution < -0.4 is 5.32 Å². The molecule has 0 heterocycles. The number of aryl methyl sites for hydroxylation is 1. The van der Waals surface area contributed by atoms with Crippen molar-refractivity contribution in [3.8, 4) is 6.07 Å². The van der Waals surface area contributed by atoms with Gasteiger partial charge in [0, 0.05) is 13.1 Å². The normalized spacial score (nSPS) is 12.2. The Hall–Kier alpha value is -2.41. The van der Waals surface area contributed by atoms with Crippen LogP contribution >= 0.6 is 0 Å². The minimum Gasteiger partial charge on any atom is -0.387 e. The summed E-state index contributed by atoms with van der Waals surface area (Å²) in [6.45, 7) is 3.20. The second-order valence-corrected chi connectivity index (χ2v) is 5.17. The zero-order valence-electron chi connectivity index (χ0n) is 12.7. The van der Waals surface area contributed by atoms with E-state index >= 15 is 0 Å². The topological polar surface area (TPSA) is 56.0 Å². The molecule has 2 aromatic rings. The minimum absolute atomic E-state index is 0.496. The highest BCUT2D eigenvalue weighted by atomic mass is 16.3. The van der Waals surface area contributed by atoms with Crippen LogP contribution in [0.5, 0.6) is 0 Å². The third kappa shape index (κ3) is 4.56. The van der Waals surface area contributed by atoms with Gasteiger partial charge in [-0.2, -0.15) is 5.26 Å². The van der Waals surface area contributed by atoms with Gasteiger partial charge in [-0.15, -0.1) is 0 Å². The van der Waals surface area contributed by atoms with Crippen molar-refractivity contribution in [2.24, 2.45) is 0 Å². The molecule has 0 bridgehead atoms. The predicted octanol–water partition coefficient (Wildman–Crippen LogP) is 3.20. The lowest BCUT2D eigenvalue weighted by Gasteiger charge is -2.13. The Morgan fingerprint density at radius 3 is 2.59 bits per heavy atom. The second kappa shape index (κ2) is 8.14. The molecule has 3 heteroatoms. The molecule has 1 unspecified atom stereocenters. The monoisotopic (exact) mass is 292 g/mol. The summed E-state index contributed by atoms with van der Waals surface area (Å²) in [5.74, 6) is 0. The summed E-state index contributed by atoms with van der Waals surface area (Å²) < 4.78 is 0. The van der Waals surface area contributed by atoms with E-state index in [1.807, 2.05) is 55.5 Å². The maximum atomic E-state index is 10.2. The summed E-state index contributed by atoms with van der Waals surface area (Å²) in [6, 6.07) is 17.4. The third-order valence-electron chi connectivity index (χ3n) is 3.50. The average Bonchev–Trinajstić information content (AvgIpc) is 2.55. The number of nitrogens with one attached hydrogen (secondary N) is 1. The van der Waals surface area contributed by atoms with E-state index in [9.17, 15) is 5.11 Å². The van der Waals surface area contributed by atoms with Crippen molar-refractivity contribution < 1.29 is 5.11 Å². The Bertz CT molecular complexity index is 669. The van der Waals surface area contributed by atoms with E-state index in [0.29, 0.717) is 18.7 Å². The summed E-state index contributed by atoms with van der Waals surface area (Å²) in [7, 11) is 0. The molecule has 0 spiro atoms. The van der Waals surface area contributed by atoms with Crippen LogP contribution in [0, 0.1) is 18.3 Å². The fourth-order valence-corrected chi connectivity index (χ4v) is 2.24. The standard InChI is InChI=1S/C19H20N2O/c1-15-5-2-3-7-18(15)19(22)14-21-12-4-6-16-8-10-17(13-20)11-9-16/h2-11,19,21-22H,12,14H2,1H3/b6-4+. The van der Waals surface area contributed by atoms with E-state index in [1.165, 1.54) is 0 Å². The Balaban J connectivity index is 1.78. The first kappa shape index (κ1) is 16.0. The molecular formula is C19H20N2O. The maximum absolute atomic E-state index is 10.2. The molecular weight excluding hydrogens is 272 g/mol. The van der Waals surface area contributed by atoms with Crippen molar-refractivity contribution >= 4 is 6.08 Å². The lowest BCUT2D eigenvalue weighted by atomic mass is 10.0. The molecule has 22 heavy (non-hydrogen) atoms. The predicted molar refractivity (Wildman–Crippen MR) is 89.2 cm³/mol. The van der Waals surface area contributed by atoms with Crippen molar-refractivity contribution in [3.63, 3.8) is 0 Å². The molecule has 112 valence electrons. The lowest BCUT2D eigenvalue weighted by Crippen LogP contribution is -2.21. The van der Waals surface area contributed by atoms with Crippen LogP contribution in [-0.2, 0) is 0 Å². The number of benzene rings is 2. The molecule has 0 aliphatic heterocycles. The van der Waals surface area contributed by atoms with Gasteiger partial charge < -0.3 is 10.4 Å². The number of nitrogens with zero attached hydrogens (tertiary/aromatic N) is 1. The molecule has 3 nitrogen and oxygen atoms in total. The number of aliphatic hydroxyl groups is 1. The number of aliphatic hydroxyl groups excluding tert-OH is 1. The van der Waals surface area contributed by atoms with Crippen molar-refractivity contribution in [2.45, 2.75) is 13.0 Å². The van der Waals surface area contributed by atoms with Gasteiger partial charge in [-0.25, -0.2) is 0 Å². The minimum atomic E-state index is -0.496. The number of rotatable bonds is 6. The van der Waals surface area contributed by atoms with Gasteiger partial charge in [0.25, 0.3) is 0 Å². The van der Waals surface area contributed by atoms with E-state index in [0.717, 1.165) is 16.7 Å². The van der Waals surface area contributed by atoms with Gasteiger partial charge in [-0.05, 0) is 35.7 Å². The fourth-order valence-electron chi connectivity index (χ4n) is 2.24. The number of nitriles is 1. The maximum Gasteiger partial charge on any atom is 0.0991 e. The molecule has 0 saturated heterocycles. The van der Waals surface area contributed by atoms with Crippen LogP contribution in [0.4, 0.5) is 0 Å². The van der Waals surface area contributed by atoms with Gasteiger partial charge in [0.1, 0.15) is 0 Å². The lowest BCUT2D eigenvalue weighted by molar-refractivity contribution is 0.175. The molecule has 0 amide bonds. The Morgan fingerprint density at radius 2 is 1.91 bits per heavy atom. The van der Waals surface area contributed by atoms with Crippen LogP contribution in [0.3, 0.4) is 0 Å². The van der Waals surface area contributed by atoms with E-state index in [-0.39, 0.29) is 0 Å². The van der Waals surface area contributed by atoms with Crippen LogP contribution in [0.2, 0.25) is 0 Å². The summed E-state index contributed by atoms with van der Waals surface area (Å²) in [4.78, 5) is 0. The van der Waals surface area contributed by atoms with Crippen molar-refractivity contribution in [2.75, 3.05) is 13.1 Å². The highest BCUT2D eigenvalue weighted by Crippen LogP contribution is 2.16. The summed E-state index contributed by atoms with van der Waals surface area (Å²) in [6.07, 6.45) is 3.50. The highest BCUT2D eigenvalue weighted by Gasteiger charge is 2.08. The van der Waals surface area contributed by atoms with Crippen molar-refractivity contribution in [1.29, 1.82) is 5.26 Å². The smallest absolute Gasteiger partial charge is 0.0991 e. The first-order valence-electron chi connectivity index (χ1n) is 7.31. The van der Waals surface area contributed by atoms with Crippen molar-refractivity contribution in [1.82, 2.24) is 5.32 Å². The Morgan fingerprint density at radius 1 is 1.18 bits per heavy atom. The fraction of sp³-hybridized carbons (Fsp3) is 0.211. The molecule has 2 rings (SSSR count). The number of hydrogen-bond acceptors (Lipinski definition) is 3. The van der Waals surface area contributed by atoms with E-state index < -0.39 is 6.10 Å². The molecule has 2 aromatic carbocycles. The largest absolute Gasteiger partial charge is 0.387 e. The van der Waals surface area contributed by atoms with Gasteiger partial charge in [-0.3, -0.25) is 0 Å². The van der Waals surface area contributed by atoms with Gasteiger partial charge in [-0.1, -0.05) is 48.6 Å². The molecule has 0 saturated carbocycles. The van der Waals surface area contributed by atoms with E-state index in [2.05, 4.69) is 11.4 Å². The average molecular weight is 292 g/mol. The molecule has 1 atom stereocenters. The first-order valence-corrected chi connectivity index (χ1v) is 7.31. The third-order valence-corrected chi connectivity index (χ3v) is 3.50. The van der Waals surface area contributed by atoms with Gasteiger partial charge >= 0.3 is 0 Å². The van der Waals surface area contributed by atoms with Gasteiger partial charge in [0.05, 0.1) is 17.7 Å². The molecule has 0 radical (unpaired) electrons. The molecule has 0 aliphatic carbocycles. The van der Waals surface area contributed by atoms with Gasteiger partial charge in [0.2, 0.25) is 0 Å². The van der Waals surface area contributed by atoms with Crippen LogP contribution in [0.15, 0.2) is 54.6 Å². The zero-order chi connectivity index (χ0) is 15.8. The van der Waals surface area contributed by atoms with Gasteiger partial charge in [0.15, 0.2) is 0 Å². The van der Waals surface area contributed by atoms with Crippen LogP contribution in [0.25, 0.3) is 6.08 Å². The summed E-state index contributed by atoms with van der Waals surface area (Å²) >= 11 is 0. The summed E-state index contributed by atoms with van der Waals surface area (Å²) in [5, 5.41) is 22.1. The van der Waals surface area contributed by atoms with Crippen LogP contribution in [-0.4, -0.2) is 18.2 Å². The summed E-state index contributed by atoms with van der Waals surface area (Å²) in [5.41, 5.74) is 3.79. The zero-order valence-corrected chi connectivity index (χ0v) is 12.7. The van der Waals surface area contributed by atoms with E-state index in [1.54, 1.807) is 12.1 Å². The quantitative estimate of drug-likeness (QED) is 0.804. The number of hydrogen-bond donors (Lipinski definition) is 2. The highest BCUT2D eigenvalue weighted by molar-refractivity contribution is 5.51.